The van der Waals surface area contributed by atoms with Gasteiger partial charge < -0.3 is 5.32 Å². The van der Waals surface area contributed by atoms with Crippen molar-refractivity contribution in [3.8, 4) is 0 Å². The van der Waals surface area contributed by atoms with Crippen molar-refractivity contribution in [1.29, 1.82) is 0 Å². The minimum Gasteiger partial charge on any atom is -0.306 e. The summed E-state index contributed by atoms with van der Waals surface area (Å²) in [6, 6.07) is 6.46. The summed E-state index contributed by atoms with van der Waals surface area (Å²) >= 11 is 1.85. The lowest BCUT2D eigenvalue weighted by Crippen LogP contribution is -2.14. The number of aryl methyl sites for hydroxylation is 3. The van der Waals surface area contributed by atoms with Crippen molar-refractivity contribution < 1.29 is 0 Å². The molecule has 0 saturated heterocycles. The molecule has 2 heterocycles. The zero-order valence-electron chi connectivity index (χ0n) is 9.95. The Morgan fingerprint density at radius 1 is 1.31 bits per heavy atom. The summed E-state index contributed by atoms with van der Waals surface area (Å²) in [5.74, 6) is 0. The first-order valence-corrected chi connectivity index (χ1v) is 6.22. The molecule has 16 heavy (non-hydrogen) atoms. The van der Waals surface area contributed by atoms with Gasteiger partial charge in [-0.05, 0) is 32.0 Å². The molecule has 0 aliphatic rings. The maximum atomic E-state index is 4.32. The molecule has 0 aliphatic heterocycles. The van der Waals surface area contributed by atoms with Gasteiger partial charge in [0.25, 0.3) is 0 Å². The number of hydrogen-bond donors (Lipinski definition) is 1. The van der Waals surface area contributed by atoms with Crippen LogP contribution in [0.2, 0.25) is 0 Å². The minimum absolute atomic E-state index is 0.869. The van der Waals surface area contributed by atoms with E-state index >= 15 is 0 Å². The lowest BCUT2D eigenvalue weighted by Gasteiger charge is -2.03. The van der Waals surface area contributed by atoms with E-state index in [9.17, 15) is 0 Å². The van der Waals surface area contributed by atoms with Gasteiger partial charge in [-0.15, -0.1) is 11.3 Å². The standard InChI is InChI=1S/C12H17N3S/c1-9-6-11(15(3)14-9)7-13-8-12-5-4-10(2)16-12/h4-6,13H,7-8H2,1-3H3. The van der Waals surface area contributed by atoms with E-state index in [-0.39, 0.29) is 0 Å². The first kappa shape index (κ1) is 11.4. The van der Waals surface area contributed by atoms with Crippen molar-refractivity contribution in [3.05, 3.63) is 39.3 Å². The van der Waals surface area contributed by atoms with Gasteiger partial charge in [-0.3, -0.25) is 4.68 Å². The zero-order chi connectivity index (χ0) is 11.5. The molecule has 0 saturated carbocycles. The van der Waals surface area contributed by atoms with Gasteiger partial charge in [-0.25, -0.2) is 0 Å². The molecule has 0 radical (unpaired) electrons. The van der Waals surface area contributed by atoms with Crippen LogP contribution in [-0.4, -0.2) is 9.78 Å². The highest BCUT2D eigenvalue weighted by Gasteiger charge is 2.01. The summed E-state index contributed by atoms with van der Waals surface area (Å²) in [5.41, 5.74) is 2.30. The third kappa shape index (κ3) is 2.71. The fraction of sp³-hybridized carbons (Fsp3) is 0.417. The van der Waals surface area contributed by atoms with E-state index in [0.29, 0.717) is 0 Å². The van der Waals surface area contributed by atoms with E-state index in [2.05, 4.69) is 35.5 Å². The molecule has 86 valence electrons. The third-order valence-electron chi connectivity index (χ3n) is 2.50. The predicted octanol–water partition coefficient (Wildman–Crippen LogP) is 2.39. The van der Waals surface area contributed by atoms with Crippen LogP contribution in [0.15, 0.2) is 18.2 Å². The number of thiophene rings is 1. The molecule has 0 aromatic carbocycles. The summed E-state index contributed by atoms with van der Waals surface area (Å²) in [6.45, 7) is 5.96. The molecule has 0 spiro atoms. The summed E-state index contributed by atoms with van der Waals surface area (Å²) < 4.78 is 1.93. The SMILES string of the molecule is Cc1cc(CNCc2ccc(C)s2)n(C)n1. The lowest BCUT2D eigenvalue weighted by molar-refractivity contribution is 0.628. The molecule has 1 N–H and O–H groups in total. The summed E-state index contributed by atoms with van der Waals surface area (Å²) in [6.07, 6.45) is 0. The fourth-order valence-corrected chi connectivity index (χ4v) is 2.58. The zero-order valence-corrected chi connectivity index (χ0v) is 10.8. The summed E-state index contributed by atoms with van der Waals surface area (Å²) in [5, 5.41) is 7.76. The number of nitrogens with one attached hydrogen (secondary N) is 1. The Morgan fingerprint density at radius 2 is 2.12 bits per heavy atom. The van der Waals surface area contributed by atoms with E-state index in [0.717, 1.165) is 18.8 Å². The number of aromatic nitrogens is 2. The highest BCUT2D eigenvalue weighted by molar-refractivity contribution is 7.11. The van der Waals surface area contributed by atoms with E-state index in [4.69, 9.17) is 0 Å². The quantitative estimate of drug-likeness (QED) is 0.882. The molecule has 0 aliphatic carbocycles. The Morgan fingerprint density at radius 3 is 2.69 bits per heavy atom. The molecule has 0 fully saturated rings. The second-order valence-corrected chi connectivity index (χ2v) is 5.39. The van der Waals surface area contributed by atoms with Gasteiger partial charge in [0.15, 0.2) is 0 Å². The molecular weight excluding hydrogens is 218 g/mol. The minimum atomic E-state index is 0.869. The maximum absolute atomic E-state index is 4.32. The Balaban J connectivity index is 1.86. The van der Waals surface area contributed by atoms with Crippen LogP contribution in [0.1, 0.15) is 21.1 Å². The van der Waals surface area contributed by atoms with Crippen molar-refractivity contribution in [3.63, 3.8) is 0 Å². The largest absolute Gasteiger partial charge is 0.306 e. The van der Waals surface area contributed by atoms with Crippen LogP contribution in [-0.2, 0) is 20.1 Å². The Hall–Kier alpha value is -1.13. The molecule has 2 rings (SSSR count). The normalized spacial score (nSPS) is 10.9. The van der Waals surface area contributed by atoms with Crippen LogP contribution < -0.4 is 5.32 Å². The molecule has 0 amide bonds. The fourth-order valence-electron chi connectivity index (χ4n) is 1.72. The molecule has 0 bridgehead atoms. The van der Waals surface area contributed by atoms with E-state index < -0.39 is 0 Å². The van der Waals surface area contributed by atoms with Gasteiger partial charge in [-0.2, -0.15) is 5.10 Å². The Bertz CT molecular complexity index is 470. The van der Waals surface area contributed by atoms with Crippen LogP contribution in [0.3, 0.4) is 0 Å². The van der Waals surface area contributed by atoms with Crippen molar-refractivity contribution in [2.75, 3.05) is 0 Å². The van der Waals surface area contributed by atoms with Crippen LogP contribution in [0, 0.1) is 13.8 Å². The third-order valence-corrected chi connectivity index (χ3v) is 3.50. The second-order valence-electron chi connectivity index (χ2n) is 4.02. The van der Waals surface area contributed by atoms with Gasteiger partial charge in [-0.1, -0.05) is 0 Å². The van der Waals surface area contributed by atoms with E-state index in [1.807, 2.05) is 30.0 Å². The lowest BCUT2D eigenvalue weighted by atomic mass is 10.3. The van der Waals surface area contributed by atoms with Gasteiger partial charge >= 0.3 is 0 Å². The van der Waals surface area contributed by atoms with Crippen LogP contribution in [0.4, 0.5) is 0 Å². The maximum Gasteiger partial charge on any atom is 0.0597 e. The van der Waals surface area contributed by atoms with Gasteiger partial charge in [0.2, 0.25) is 0 Å². The average molecular weight is 235 g/mol. The molecule has 3 nitrogen and oxygen atoms in total. The summed E-state index contributed by atoms with van der Waals surface area (Å²) in [4.78, 5) is 2.75. The summed E-state index contributed by atoms with van der Waals surface area (Å²) in [7, 11) is 1.99. The Labute approximate surface area is 100 Å². The molecule has 4 heteroatoms. The van der Waals surface area contributed by atoms with Crippen LogP contribution in [0.5, 0.6) is 0 Å². The highest BCUT2D eigenvalue weighted by Crippen LogP contribution is 2.14. The first-order chi connectivity index (χ1) is 7.65. The van der Waals surface area contributed by atoms with Gasteiger partial charge in [0, 0.05) is 29.9 Å². The van der Waals surface area contributed by atoms with Gasteiger partial charge in [0.1, 0.15) is 0 Å². The molecule has 0 atom stereocenters. The van der Waals surface area contributed by atoms with Crippen molar-refractivity contribution in [2.24, 2.45) is 7.05 Å². The highest BCUT2D eigenvalue weighted by atomic mass is 32.1. The Kier molecular flexibility index (Phi) is 3.41. The van der Waals surface area contributed by atoms with Crippen molar-refractivity contribution in [2.45, 2.75) is 26.9 Å². The van der Waals surface area contributed by atoms with Gasteiger partial charge in [0.05, 0.1) is 11.4 Å². The van der Waals surface area contributed by atoms with E-state index in [1.165, 1.54) is 15.4 Å². The van der Waals surface area contributed by atoms with Crippen LogP contribution >= 0.6 is 11.3 Å². The number of hydrogen-bond acceptors (Lipinski definition) is 3. The van der Waals surface area contributed by atoms with Crippen molar-refractivity contribution in [1.82, 2.24) is 15.1 Å². The smallest absolute Gasteiger partial charge is 0.0597 e. The molecule has 2 aromatic rings. The van der Waals surface area contributed by atoms with Crippen molar-refractivity contribution >= 4 is 11.3 Å². The second kappa shape index (κ2) is 4.80. The molecule has 0 unspecified atom stereocenters. The molecule has 2 aromatic heterocycles. The number of nitrogens with zero attached hydrogens (tertiary/aromatic N) is 2. The first-order valence-electron chi connectivity index (χ1n) is 5.40. The molecular formula is C12H17N3S. The predicted molar refractivity (Wildman–Crippen MR) is 67.5 cm³/mol. The van der Waals surface area contributed by atoms with E-state index in [1.54, 1.807) is 0 Å². The average Bonchev–Trinajstić information content (AvgIpc) is 2.74. The topological polar surface area (TPSA) is 29.9 Å². The van der Waals surface area contributed by atoms with Crippen LogP contribution in [0.25, 0.3) is 0 Å². The number of rotatable bonds is 4. The monoisotopic (exact) mass is 235 g/mol.